The Morgan fingerprint density at radius 2 is 1.54 bits per heavy atom. The number of carbonyl (C=O) groups excluding carboxylic acids is 1. The van der Waals surface area contributed by atoms with Crippen molar-refractivity contribution in [1.82, 2.24) is 0 Å². The summed E-state index contributed by atoms with van der Waals surface area (Å²) in [6.07, 6.45) is 17.8. The number of amides is 1. The average molecular weight is 416 g/mol. The van der Waals surface area contributed by atoms with Crippen molar-refractivity contribution in [2.24, 2.45) is 5.73 Å². The van der Waals surface area contributed by atoms with Crippen molar-refractivity contribution in [2.75, 3.05) is 5.75 Å². The van der Waals surface area contributed by atoms with E-state index in [2.05, 4.69) is 13.0 Å². The van der Waals surface area contributed by atoms with Crippen LogP contribution >= 0.6 is 11.8 Å². The second-order valence-corrected chi connectivity index (χ2v) is 8.74. The summed E-state index contributed by atoms with van der Waals surface area (Å²) < 4.78 is 0. The molecule has 4 N–H and O–H groups in total. The Morgan fingerprint density at radius 1 is 0.964 bits per heavy atom. The van der Waals surface area contributed by atoms with Crippen molar-refractivity contribution in [1.29, 1.82) is 0 Å². The number of unbranched alkanes of at least 4 members (excludes halogenated alkanes) is 10. The monoisotopic (exact) mass is 415 g/mol. The van der Waals surface area contributed by atoms with Gasteiger partial charge in [0.1, 0.15) is 0 Å². The molecule has 5 nitrogen and oxygen atoms in total. The molecule has 1 amide bonds. The molecule has 0 spiro atoms. The molecule has 2 atom stereocenters. The van der Waals surface area contributed by atoms with Crippen LogP contribution in [0.4, 0.5) is 0 Å². The van der Waals surface area contributed by atoms with Gasteiger partial charge in [-0.1, -0.05) is 76.9 Å². The molecule has 164 valence electrons. The van der Waals surface area contributed by atoms with Crippen LogP contribution in [0.1, 0.15) is 96.8 Å². The number of aliphatic carboxylic acids is 1. The topological polar surface area (TPSA) is 101 Å². The van der Waals surface area contributed by atoms with Gasteiger partial charge in [0.15, 0.2) is 0 Å². The molecule has 0 saturated heterocycles. The van der Waals surface area contributed by atoms with Crippen molar-refractivity contribution in [3.63, 3.8) is 0 Å². The van der Waals surface area contributed by atoms with Crippen LogP contribution in [-0.4, -0.2) is 39.2 Å². The van der Waals surface area contributed by atoms with E-state index in [0.29, 0.717) is 5.75 Å². The SMILES string of the molecule is CCCCCCCCCCCCC=CC(SCCC(N)=O)C(O)CCC(=O)O. The summed E-state index contributed by atoms with van der Waals surface area (Å²) >= 11 is 1.46. The van der Waals surface area contributed by atoms with Crippen LogP contribution in [-0.2, 0) is 9.59 Å². The smallest absolute Gasteiger partial charge is 0.303 e. The number of thioether (sulfide) groups is 1. The van der Waals surface area contributed by atoms with E-state index < -0.39 is 12.1 Å². The fraction of sp³-hybridized carbons (Fsp3) is 0.818. The van der Waals surface area contributed by atoms with Crippen LogP contribution in [0.25, 0.3) is 0 Å². The first-order valence-electron chi connectivity index (χ1n) is 10.9. The van der Waals surface area contributed by atoms with E-state index in [4.69, 9.17) is 10.8 Å². The number of hydrogen-bond acceptors (Lipinski definition) is 4. The molecule has 0 radical (unpaired) electrons. The first-order chi connectivity index (χ1) is 13.5. The van der Waals surface area contributed by atoms with Gasteiger partial charge in [0.05, 0.1) is 6.10 Å². The Labute approximate surface area is 175 Å². The lowest BCUT2D eigenvalue weighted by molar-refractivity contribution is -0.137. The van der Waals surface area contributed by atoms with Crippen LogP contribution < -0.4 is 5.73 Å². The van der Waals surface area contributed by atoms with Crippen LogP contribution in [0, 0.1) is 0 Å². The number of carboxylic acid groups (broad SMARTS) is 1. The van der Waals surface area contributed by atoms with Gasteiger partial charge in [0.25, 0.3) is 0 Å². The number of nitrogens with two attached hydrogens (primary N) is 1. The van der Waals surface area contributed by atoms with Gasteiger partial charge < -0.3 is 15.9 Å². The number of carbonyl (C=O) groups is 2. The molecule has 0 fully saturated rings. The molecule has 0 rings (SSSR count). The van der Waals surface area contributed by atoms with Gasteiger partial charge in [-0.25, -0.2) is 0 Å². The van der Waals surface area contributed by atoms with Crippen LogP contribution in [0.5, 0.6) is 0 Å². The fourth-order valence-electron chi connectivity index (χ4n) is 3.01. The number of aliphatic hydroxyl groups excluding tert-OH is 1. The van der Waals surface area contributed by atoms with E-state index in [9.17, 15) is 14.7 Å². The van der Waals surface area contributed by atoms with E-state index >= 15 is 0 Å². The van der Waals surface area contributed by atoms with Crippen LogP contribution in [0.2, 0.25) is 0 Å². The molecule has 0 saturated carbocycles. The first kappa shape index (κ1) is 27.0. The molecule has 2 unspecified atom stereocenters. The third kappa shape index (κ3) is 18.4. The van der Waals surface area contributed by atoms with E-state index in [-0.39, 0.29) is 30.4 Å². The molecule has 28 heavy (non-hydrogen) atoms. The average Bonchev–Trinajstić information content (AvgIpc) is 2.65. The largest absolute Gasteiger partial charge is 0.481 e. The molecule has 6 heteroatoms. The lowest BCUT2D eigenvalue weighted by Crippen LogP contribution is -2.23. The quantitative estimate of drug-likeness (QED) is 0.191. The predicted molar refractivity (Wildman–Crippen MR) is 119 cm³/mol. The van der Waals surface area contributed by atoms with Crippen molar-refractivity contribution in [3.8, 4) is 0 Å². The Hall–Kier alpha value is -1.01. The highest BCUT2D eigenvalue weighted by Crippen LogP contribution is 2.21. The highest BCUT2D eigenvalue weighted by atomic mass is 32.2. The zero-order chi connectivity index (χ0) is 21.0. The number of rotatable bonds is 20. The minimum absolute atomic E-state index is 0.0552. The van der Waals surface area contributed by atoms with Gasteiger partial charge >= 0.3 is 5.97 Å². The lowest BCUT2D eigenvalue weighted by atomic mass is 10.1. The summed E-state index contributed by atoms with van der Waals surface area (Å²) in [5.74, 6) is -0.734. The summed E-state index contributed by atoms with van der Waals surface area (Å²) in [6.45, 7) is 2.24. The molecule has 0 bridgehead atoms. The third-order valence-electron chi connectivity index (χ3n) is 4.74. The summed E-state index contributed by atoms with van der Waals surface area (Å²) in [4.78, 5) is 21.6. The van der Waals surface area contributed by atoms with Crippen molar-refractivity contribution >= 4 is 23.6 Å². The van der Waals surface area contributed by atoms with E-state index in [1.807, 2.05) is 6.08 Å². The first-order valence-corrected chi connectivity index (χ1v) is 12.0. The molecule has 0 aliphatic heterocycles. The highest BCUT2D eigenvalue weighted by Gasteiger charge is 2.18. The summed E-state index contributed by atoms with van der Waals surface area (Å²) in [5.41, 5.74) is 5.16. The van der Waals surface area contributed by atoms with Crippen LogP contribution in [0.15, 0.2) is 12.2 Å². The van der Waals surface area contributed by atoms with Crippen molar-refractivity contribution < 1.29 is 19.8 Å². The maximum absolute atomic E-state index is 10.9. The third-order valence-corrected chi connectivity index (χ3v) is 6.04. The molecular weight excluding hydrogens is 374 g/mol. The van der Waals surface area contributed by atoms with Gasteiger partial charge in [0.2, 0.25) is 5.91 Å². The molecule has 0 aromatic carbocycles. The minimum Gasteiger partial charge on any atom is -0.481 e. The second-order valence-electron chi connectivity index (χ2n) is 7.45. The second kappa shape index (κ2) is 19.3. The zero-order valence-corrected chi connectivity index (χ0v) is 18.4. The predicted octanol–water partition coefficient (Wildman–Crippen LogP) is 5.06. The maximum Gasteiger partial charge on any atom is 0.303 e. The summed E-state index contributed by atoms with van der Waals surface area (Å²) in [7, 11) is 0. The standard InChI is InChI=1S/C22H41NO4S/c1-2-3-4-5-6-7-8-9-10-11-12-13-14-20(28-18-17-21(23)25)19(24)15-16-22(26)27/h13-14,19-20,24H,2-12,15-18H2,1H3,(H2,23,25)(H,26,27). The number of hydrogen-bond donors (Lipinski definition) is 3. The summed E-state index contributed by atoms with van der Waals surface area (Å²) in [5, 5.41) is 18.8. The van der Waals surface area contributed by atoms with Crippen molar-refractivity contribution in [2.45, 2.75) is 108 Å². The number of allylic oxidation sites excluding steroid dienone is 1. The maximum atomic E-state index is 10.9. The Kier molecular flexibility index (Phi) is 18.6. The van der Waals surface area contributed by atoms with Gasteiger partial charge in [0, 0.05) is 23.8 Å². The fourth-order valence-corrected chi connectivity index (χ4v) is 4.18. The van der Waals surface area contributed by atoms with Gasteiger partial charge in [-0.05, 0) is 19.3 Å². The number of carboxylic acids is 1. The van der Waals surface area contributed by atoms with Gasteiger partial charge in [-0.2, -0.15) is 11.8 Å². The minimum atomic E-state index is -0.908. The van der Waals surface area contributed by atoms with Gasteiger partial charge in [-0.3, -0.25) is 9.59 Å². The van der Waals surface area contributed by atoms with Crippen LogP contribution in [0.3, 0.4) is 0 Å². The molecular formula is C22H41NO4S. The number of primary amides is 1. The molecule has 0 aliphatic carbocycles. The lowest BCUT2D eigenvalue weighted by Gasteiger charge is -2.18. The molecule has 0 aromatic heterocycles. The molecule has 0 heterocycles. The zero-order valence-electron chi connectivity index (χ0n) is 17.6. The van der Waals surface area contributed by atoms with E-state index in [0.717, 1.165) is 12.8 Å². The highest BCUT2D eigenvalue weighted by molar-refractivity contribution is 8.00. The van der Waals surface area contributed by atoms with Gasteiger partial charge in [-0.15, -0.1) is 0 Å². The Balaban J connectivity index is 3.96. The molecule has 0 aromatic rings. The van der Waals surface area contributed by atoms with Crippen molar-refractivity contribution in [3.05, 3.63) is 12.2 Å². The normalized spacial score (nSPS) is 13.6. The molecule has 0 aliphatic rings. The Morgan fingerprint density at radius 3 is 2.07 bits per heavy atom. The van der Waals surface area contributed by atoms with E-state index in [1.165, 1.54) is 69.5 Å². The summed E-state index contributed by atoms with van der Waals surface area (Å²) in [6, 6.07) is 0. The number of aliphatic hydroxyl groups is 1. The Bertz CT molecular complexity index is 429. The van der Waals surface area contributed by atoms with E-state index in [1.54, 1.807) is 0 Å².